The fourth-order valence-electron chi connectivity index (χ4n) is 4.16. The van der Waals surface area contributed by atoms with E-state index in [1.54, 1.807) is 0 Å². The Labute approximate surface area is 213 Å². The van der Waals surface area contributed by atoms with Gasteiger partial charge in [-0.05, 0) is 16.7 Å². The van der Waals surface area contributed by atoms with Crippen LogP contribution in [0.25, 0.3) is 0 Å². The maximum atomic E-state index is 8.92. The Morgan fingerprint density at radius 3 is 1.86 bits per heavy atom. The van der Waals surface area contributed by atoms with Crippen molar-refractivity contribution in [2.24, 2.45) is 0 Å². The number of ether oxygens (including phenoxy) is 5. The summed E-state index contributed by atoms with van der Waals surface area (Å²) in [4.78, 5) is 0. The van der Waals surface area contributed by atoms with Crippen LogP contribution in [-0.4, -0.2) is 37.8 Å². The minimum absolute atomic E-state index is 0.264. The molecule has 6 heteroatoms. The first-order chi connectivity index (χ1) is 17.8. The van der Waals surface area contributed by atoms with Gasteiger partial charge in [0.1, 0.15) is 12.2 Å². The van der Waals surface area contributed by atoms with Gasteiger partial charge >= 0.3 is 0 Å². The van der Waals surface area contributed by atoms with Crippen molar-refractivity contribution in [1.29, 1.82) is 5.26 Å². The second-order valence-corrected chi connectivity index (χ2v) is 8.72. The zero-order chi connectivity index (χ0) is 24.8. The molecule has 6 nitrogen and oxygen atoms in total. The Bertz CT molecular complexity index is 1040. The Balaban J connectivity index is 1.47. The maximum absolute atomic E-state index is 8.92. The lowest BCUT2D eigenvalue weighted by molar-refractivity contribution is -0.278. The van der Waals surface area contributed by atoms with Gasteiger partial charge in [0.15, 0.2) is 6.29 Å². The van der Waals surface area contributed by atoms with E-state index in [2.05, 4.69) is 6.07 Å². The van der Waals surface area contributed by atoms with Crippen LogP contribution in [0.4, 0.5) is 0 Å². The van der Waals surface area contributed by atoms with E-state index in [0.717, 1.165) is 16.7 Å². The van der Waals surface area contributed by atoms with Gasteiger partial charge in [0.2, 0.25) is 0 Å². The summed E-state index contributed by atoms with van der Waals surface area (Å²) in [5.74, 6) is 0. The van der Waals surface area contributed by atoms with Crippen molar-refractivity contribution in [2.75, 3.05) is 13.2 Å². The predicted octanol–water partition coefficient (Wildman–Crippen LogP) is 5.42. The van der Waals surface area contributed by atoms with Crippen LogP contribution >= 0.6 is 0 Å². The van der Waals surface area contributed by atoms with Crippen LogP contribution in [0.1, 0.15) is 29.5 Å². The number of hydrogen-bond acceptors (Lipinski definition) is 6. The summed E-state index contributed by atoms with van der Waals surface area (Å²) < 4.78 is 31.0. The first kappa shape index (κ1) is 26.0. The van der Waals surface area contributed by atoms with Gasteiger partial charge in [0, 0.05) is 6.42 Å². The number of nitriles is 1. The molecule has 4 atom stereocenters. The second-order valence-electron chi connectivity index (χ2n) is 8.72. The third-order valence-corrected chi connectivity index (χ3v) is 5.99. The van der Waals surface area contributed by atoms with Gasteiger partial charge in [0.25, 0.3) is 0 Å². The molecule has 1 saturated heterocycles. The largest absolute Gasteiger partial charge is 0.374 e. The summed E-state index contributed by atoms with van der Waals surface area (Å²) in [5.41, 5.74) is 3.26. The lowest BCUT2D eigenvalue weighted by Crippen LogP contribution is -2.53. The fraction of sp³-hybridized carbons (Fsp3) is 0.367. The molecule has 0 saturated carbocycles. The van der Waals surface area contributed by atoms with Gasteiger partial charge in [0.05, 0.1) is 51.6 Å². The van der Waals surface area contributed by atoms with Crippen LogP contribution < -0.4 is 0 Å². The molecule has 0 N–H and O–H groups in total. The van der Waals surface area contributed by atoms with E-state index < -0.39 is 6.29 Å². The number of benzene rings is 3. The molecule has 0 aliphatic carbocycles. The van der Waals surface area contributed by atoms with Crippen LogP contribution in [0, 0.1) is 11.3 Å². The number of hydrogen-bond donors (Lipinski definition) is 0. The Morgan fingerprint density at radius 1 is 0.722 bits per heavy atom. The van der Waals surface area contributed by atoms with Crippen LogP contribution in [0.15, 0.2) is 91.0 Å². The van der Waals surface area contributed by atoms with E-state index in [9.17, 15) is 0 Å². The Kier molecular flexibility index (Phi) is 10.5. The average Bonchev–Trinajstić information content (AvgIpc) is 2.93. The van der Waals surface area contributed by atoms with Crippen LogP contribution in [0.5, 0.6) is 0 Å². The highest BCUT2D eigenvalue weighted by atomic mass is 16.7. The molecule has 3 aromatic carbocycles. The van der Waals surface area contributed by atoms with Crippen molar-refractivity contribution < 1.29 is 23.7 Å². The summed E-state index contributed by atoms with van der Waals surface area (Å²) in [6, 6.07) is 32.3. The molecule has 1 aliphatic rings. The van der Waals surface area contributed by atoms with E-state index in [1.807, 2.05) is 91.0 Å². The quantitative estimate of drug-likeness (QED) is 0.300. The number of nitrogens with zero attached hydrogens (tertiary/aromatic N) is 1. The highest BCUT2D eigenvalue weighted by Gasteiger charge is 2.41. The summed E-state index contributed by atoms with van der Waals surface area (Å²) in [7, 11) is 0. The molecule has 0 amide bonds. The molecule has 4 rings (SSSR count). The second kappa shape index (κ2) is 14.5. The molecule has 0 bridgehead atoms. The third kappa shape index (κ3) is 8.27. The molecule has 3 aromatic rings. The molecule has 0 aromatic heterocycles. The monoisotopic (exact) mass is 487 g/mol. The van der Waals surface area contributed by atoms with E-state index in [1.165, 1.54) is 0 Å². The minimum atomic E-state index is -0.499. The standard InChI is InChI=1S/C30H33NO5/c31-17-10-18-33-29-19-27(34-21-25-13-6-2-7-14-25)30(35-22-26-15-8-3-9-16-26)28(36-29)23-32-20-24-11-4-1-5-12-24/h1-9,11-16,27-30H,10,18-23H2/t27?,28?,29-,30-/m0/s1. The molecule has 1 fully saturated rings. The zero-order valence-corrected chi connectivity index (χ0v) is 20.4. The van der Waals surface area contributed by atoms with Crippen molar-refractivity contribution in [3.8, 4) is 6.07 Å². The van der Waals surface area contributed by atoms with Crippen molar-refractivity contribution in [1.82, 2.24) is 0 Å². The normalized spacial score (nSPS) is 21.6. The van der Waals surface area contributed by atoms with Crippen LogP contribution in [-0.2, 0) is 43.5 Å². The van der Waals surface area contributed by atoms with E-state index in [-0.39, 0.29) is 18.3 Å². The average molecular weight is 488 g/mol. The van der Waals surface area contributed by atoms with Crippen molar-refractivity contribution >= 4 is 0 Å². The lowest BCUT2D eigenvalue weighted by atomic mass is 10.0. The molecule has 0 radical (unpaired) electrons. The van der Waals surface area contributed by atoms with E-state index >= 15 is 0 Å². The van der Waals surface area contributed by atoms with Crippen molar-refractivity contribution in [3.05, 3.63) is 108 Å². The van der Waals surface area contributed by atoms with Crippen molar-refractivity contribution in [2.45, 2.75) is 57.3 Å². The van der Waals surface area contributed by atoms with Gasteiger partial charge in [-0.2, -0.15) is 5.26 Å². The molecule has 2 unspecified atom stereocenters. The maximum Gasteiger partial charge on any atom is 0.160 e. The molecule has 1 aliphatic heterocycles. The Hall–Kier alpha value is -3.05. The topological polar surface area (TPSA) is 69.9 Å². The summed E-state index contributed by atoms with van der Waals surface area (Å²) >= 11 is 0. The SMILES string of the molecule is N#CCCO[C@@H]1CC(OCc2ccccc2)[C@H](OCc2ccccc2)C(COCc2ccccc2)O1. The molecular weight excluding hydrogens is 454 g/mol. The molecule has 36 heavy (non-hydrogen) atoms. The molecule has 0 spiro atoms. The summed E-state index contributed by atoms with van der Waals surface area (Å²) in [5, 5.41) is 8.92. The van der Waals surface area contributed by atoms with Gasteiger partial charge in [-0.25, -0.2) is 0 Å². The van der Waals surface area contributed by atoms with Crippen LogP contribution in [0.2, 0.25) is 0 Å². The number of rotatable bonds is 13. The van der Waals surface area contributed by atoms with Gasteiger partial charge in [-0.15, -0.1) is 0 Å². The Morgan fingerprint density at radius 2 is 1.28 bits per heavy atom. The highest BCUT2D eigenvalue weighted by molar-refractivity contribution is 5.15. The molecule has 1 heterocycles. The highest BCUT2D eigenvalue weighted by Crippen LogP contribution is 2.28. The van der Waals surface area contributed by atoms with Crippen LogP contribution in [0.3, 0.4) is 0 Å². The lowest BCUT2D eigenvalue weighted by Gasteiger charge is -2.41. The summed E-state index contributed by atoms with van der Waals surface area (Å²) in [6.07, 6.45) is -0.688. The summed E-state index contributed by atoms with van der Waals surface area (Å²) in [6.45, 7) is 2.01. The predicted molar refractivity (Wildman–Crippen MR) is 136 cm³/mol. The van der Waals surface area contributed by atoms with Crippen molar-refractivity contribution in [3.63, 3.8) is 0 Å². The third-order valence-electron chi connectivity index (χ3n) is 5.99. The van der Waals surface area contributed by atoms with E-state index in [0.29, 0.717) is 45.9 Å². The van der Waals surface area contributed by atoms with Gasteiger partial charge < -0.3 is 23.7 Å². The first-order valence-corrected chi connectivity index (χ1v) is 12.4. The molecule has 188 valence electrons. The minimum Gasteiger partial charge on any atom is -0.374 e. The smallest absolute Gasteiger partial charge is 0.160 e. The van der Waals surface area contributed by atoms with E-state index in [4.69, 9.17) is 28.9 Å². The zero-order valence-electron chi connectivity index (χ0n) is 20.4. The first-order valence-electron chi connectivity index (χ1n) is 12.4. The van der Waals surface area contributed by atoms with Gasteiger partial charge in [-0.3, -0.25) is 0 Å². The molecular formula is C30H33NO5. The fourth-order valence-corrected chi connectivity index (χ4v) is 4.16. The van der Waals surface area contributed by atoms with Gasteiger partial charge in [-0.1, -0.05) is 91.0 Å².